The molecule has 8 heteroatoms. The minimum absolute atomic E-state index is 0.190. The SMILES string of the molecule is Cc1ccc(NC(=O)Cc2cccc(Br)c2)cc1S(=O)(=O)N1CCN(C)CC1. The van der Waals surface area contributed by atoms with E-state index in [9.17, 15) is 13.2 Å². The van der Waals surface area contributed by atoms with Gasteiger partial charge < -0.3 is 10.2 Å². The molecule has 0 aromatic heterocycles. The summed E-state index contributed by atoms with van der Waals surface area (Å²) >= 11 is 3.39. The maximum atomic E-state index is 13.1. The molecule has 0 saturated carbocycles. The highest BCUT2D eigenvalue weighted by molar-refractivity contribution is 9.10. The average molecular weight is 466 g/mol. The quantitative estimate of drug-likeness (QED) is 0.736. The Bertz CT molecular complexity index is 970. The molecule has 3 rings (SSSR count). The molecule has 1 saturated heterocycles. The normalized spacial score (nSPS) is 16.1. The molecule has 1 N–H and O–H groups in total. The van der Waals surface area contributed by atoms with Gasteiger partial charge in [0.2, 0.25) is 15.9 Å². The number of hydrogen-bond donors (Lipinski definition) is 1. The van der Waals surface area contributed by atoms with E-state index in [4.69, 9.17) is 0 Å². The number of likely N-dealkylation sites (N-methyl/N-ethyl adjacent to an activating group) is 1. The Morgan fingerprint density at radius 2 is 1.82 bits per heavy atom. The minimum Gasteiger partial charge on any atom is -0.326 e. The van der Waals surface area contributed by atoms with Crippen molar-refractivity contribution in [2.45, 2.75) is 18.2 Å². The topological polar surface area (TPSA) is 69.7 Å². The molecule has 1 aliphatic heterocycles. The predicted octanol–water partition coefficient (Wildman–Crippen LogP) is 2.87. The van der Waals surface area contributed by atoms with Gasteiger partial charge in [0, 0.05) is 36.3 Å². The van der Waals surface area contributed by atoms with Crippen molar-refractivity contribution in [3.05, 3.63) is 58.1 Å². The van der Waals surface area contributed by atoms with Crippen molar-refractivity contribution >= 4 is 37.5 Å². The number of nitrogens with one attached hydrogen (secondary N) is 1. The van der Waals surface area contributed by atoms with Crippen LogP contribution in [0.2, 0.25) is 0 Å². The lowest BCUT2D eigenvalue weighted by molar-refractivity contribution is -0.115. The smallest absolute Gasteiger partial charge is 0.243 e. The zero-order chi connectivity index (χ0) is 20.3. The monoisotopic (exact) mass is 465 g/mol. The van der Waals surface area contributed by atoms with Gasteiger partial charge in [0.1, 0.15) is 0 Å². The van der Waals surface area contributed by atoms with Gasteiger partial charge in [-0.2, -0.15) is 4.31 Å². The number of sulfonamides is 1. The van der Waals surface area contributed by atoms with Gasteiger partial charge in [0.25, 0.3) is 0 Å². The zero-order valence-corrected chi connectivity index (χ0v) is 18.4. The first kappa shape index (κ1) is 21.0. The third-order valence-corrected chi connectivity index (χ3v) is 7.34. The van der Waals surface area contributed by atoms with Crippen LogP contribution in [0, 0.1) is 6.92 Å². The van der Waals surface area contributed by atoms with E-state index in [1.165, 1.54) is 4.31 Å². The summed E-state index contributed by atoms with van der Waals surface area (Å²) in [5, 5.41) is 2.81. The molecule has 1 fully saturated rings. The summed E-state index contributed by atoms with van der Waals surface area (Å²) in [7, 11) is -1.61. The van der Waals surface area contributed by atoms with E-state index in [2.05, 4.69) is 26.1 Å². The molecule has 0 aliphatic carbocycles. The van der Waals surface area contributed by atoms with Crippen molar-refractivity contribution in [3.63, 3.8) is 0 Å². The second-order valence-electron chi connectivity index (χ2n) is 7.04. The van der Waals surface area contributed by atoms with E-state index < -0.39 is 10.0 Å². The Kier molecular flexibility index (Phi) is 6.54. The highest BCUT2D eigenvalue weighted by Crippen LogP contribution is 2.25. The lowest BCUT2D eigenvalue weighted by atomic mass is 10.1. The van der Waals surface area contributed by atoms with Gasteiger partial charge in [-0.25, -0.2) is 8.42 Å². The number of carbonyl (C=O) groups excluding carboxylic acids is 1. The third-order valence-electron chi connectivity index (χ3n) is 4.81. The molecule has 1 amide bonds. The van der Waals surface area contributed by atoms with E-state index >= 15 is 0 Å². The van der Waals surface area contributed by atoms with E-state index in [1.807, 2.05) is 31.3 Å². The van der Waals surface area contributed by atoms with Crippen LogP contribution in [-0.4, -0.2) is 56.8 Å². The van der Waals surface area contributed by atoms with Crippen LogP contribution in [0.3, 0.4) is 0 Å². The van der Waals surface area contributed by atoms with Gasteiger partial charge in [-0.3, -0.25) is 4.79 Å². The Morgan fingerprint density at radius 1 is 1.11 bits per heavy atom. The predicted molar refractivity (Wildman–Crippen MR) is 114 cm³/mol. The summed E-state index contributed by atoms with van der Waals surface area (Å²) < 4.78 is 28.6. The van der Waals surface area contributed by atoms with Crippen LogP contribution in [0.1, 0.15) is 11.1 Å². The minimum atomic E-state index is -3.59. The van der Waals surface area contributed by atoms with E-state index in [0.717, 1.165) is 10.0 Å². The Balaban J connectivity index is 1.76. The molecule has 1 heterocycles. The zero-order valence-electron chi connectivity index (χ0n) is 16.0. The number of aryl methyl sites for hydroxylation is 1. The molecule has 0 atom stereocenters. The first-order chi connectivity index (χ1) is 13.3. The second-order valence-corrected chi connectivity index (χ2v) is 9.86. The number of carbonyl (C=O) groups is 1. The highest BCUT2D eigenvalue weighted by atomic mass is 79.9. The summed E-state index contributed by atoms with van der Waals surface area (Å²) in [6.45, 7) is 4.13. The van der Waals surface area contributed by atoms with Gasteiger partial charge in [-0.15, -0.1) is 0 Å². The number of nitrogens with zero attached hydrogens (tertiary/aromatic N) is 2. The number of halogens is 1. The van der Waals surface area contributed by atoms with Crippen molar-refractivity contribution in [2.24, 2.45) is 0 Å². The molecular weight excluding hydrogens is 442 g/mol. The maximum Gasteiger partial charge on any atom is 0.243 e. The Hall–Kier alpha value is -1.74. The van der Waals surface area contributed by atoms with Crippen LogP contribution in [0.5, 0.6) is 0 Å². The molecule has 1 aliphatic rings. The fourth-order valence-corrected chi connectivity index (χ4v) is 5.28. The van der Waals surface area contributed by atoms with E-state index in [0.29, 0.717) is 37.4 Å². The van der Waals surface area contributed by atoms with Gasteiger partial charge in [-0.05, 0) is 49.4 Å². The van der Waals surface area contributed by atoms with Crippen LogP contribution in [0.4, 0.5) is 5.69 Å². The van der Waals surface area contributed by atoms with Gasteiger partial charge in [0.15, 0.2) is 0 Å². The summed E-state index contributed by atoms with van der Waals surface area (Å²) in [5.74, 6) is -0.190. The Labute approximate surface area is 174 Å². The van der Waals surface area contributed by atoms with Gasteiger partial charge in [0.05, 0.1) is 11.3 Å². The van der Waals surface area contributed by atoms with Crippen molar-refractivity contribution in [2.75, 3.05) is 38.5 Å². The maximum absolute atomic E-state index is 13.1. The summed E-state index contributed by atoms with van der Waals surface area (Å²) in [6, 6.07) is 12.6. The lowest BCUT2D eigenvalue weighted by Crippen LogP contribution is -2.47. The molecule has 6 nitrogen and oxygen atoms in total. The van der Waals surface area contributed by atoms with Crippen LogP contribution >= 0.6 is 15.9 Å². The number of rotatable bonds is 5. The lowest BCUT2D eigenvalue weighted by Gasteiger charge is -2.32. The first-order valence-corrected chi connectivity index (χ1v) is 11.3. The molecular formula is C20H24BrN3O3S. The standard InChI is InChI=1S/C20H24BrN3O3S/c1-15-6-7-18(22-20(25)13-16-4-3-5-17(21)12-16)14-19(15)28(26,27)24-10-8-23(2)9-11-24/h3-7,12,14H,8-11,13H2,1-2H3,(H,22,25). The summed E-state index contributed by atoms with van der Waals surface area (Å²) in [5.41, 5.74) is 2.03. The van der Waals surface area contributed by atoms with Crippen LogP contribution in [0.25, 0.3) is 0 Å². The average Bonchev–Trinajstić information content (AvgIpc) is 2.63. The third kappa shape index (κ3) is 5.00. The van der Waals surface area contributed by atoms with Crippen LogP contribution < -0.4 is 5.32 Å². The number of hydrogen-bond acceptors (Lipinski definition) is 4. The van der Waals surface area contributed by atoms with Crippen molar-refractivity contribution in [1.82, 2.24) is 9.21 Å². The van der Waals surface area contributed by atoms with E-state index in [-0.39, 0.29) is 17.2 Å². The van der Waals surface area contributed by atoms with Crippen molar-refractivity contribution in [1.29, 1.82) is 0 Å². The molecule has 0 unspecified atom stereocenters. The Morgan fingerprint density at radius 3 is 2.50 bits per heavy atom. The van der Waals surface area contributed by atoms with Gasteiger partial charge >= 0.3 is 0 Å². The van der Waals surface area contributed by atoms with Gasteiger partial charge in [-0.1, -0.05) is 34.1 Å². The number of benzene rings is 2. The second kappa shape index (κ2) is 8.73. The number of anilines is 1. The van der Waals surface area contributed by atoms with Crippen molar-refractivity contribution < 1.29 is 13.2 Å². The fraction of sp³-hybridized carbons (Fsp3) is 0.350. The fourth-order valence-electron chi connectivity index (χ4n) is 3.16. The molecule has 0 bridgehead atoms. The molecule has 0 spiro atoms. The summed E-state index contributed by atoms with van der Waals surface area (Å²) in [4.78, 5) is 14.7. The number of amides is 1. The van der Waals surface area contributed by atoms with Crippen LogP contribution in [0.15, 0.2) is 51.8 Å². The molecule has 2 aromatic carbocycles. The van der Waals surface area contributed by atoms with E-state index in [1.54, 1.807) is 25.1 Å². The molecule has 150 valence electrons. The molecule has 0 radical (unpaired) electrons. The van der Waals surface area contributed by atoms with Crippen LogP contribution in [-0.2, 0) is 21.2 Å². The molecule has 28 heavy (non-hydrogen) atoms. The first-order valence-electron chi connectivity index (χ1n) is 9.09. The number of piperazine rings is 1. The molecule has 2 aromatic rings. The van der Waals surface area contributed by atoms with Crippen molar-refractivity contribution in [3.8, 4) is 0 Å². The summed E-state index contributed by atoms with van der Waals surface area (Å²) in [6.07, 6.45) is 0.216. The largest absolute Gasteiger partial charge is 0.326 e. The highest BCUT2D eigenvalue weighted by Gasteiger charge is 2.29.